The van der Waals surface area contributed by atoms with Crippen LogP contribution in [0.15, 0.2) is 4.99 Å². The second-order valence-corrected chi connectivity index (χ2v) is 1.93. The molecule has 12 heavy (non-hydrogen) atoms. The van der Waals surface area contributed by atoms with Crippen LogP contribution in [0.1, 0.15) is 6.92 Å². The molecule has 0 aliphatic carbocycles. The van der Waals surface area contributed by atoms with Gasteiger partial charge in [0.05, 0.1) is 19.8 Å². The molecule has 0 N–H and O–H groups in total. The van der Waals surface area contributed by atoms with E-state index < -0.39 is 0 Å². The third-order valence-electron chi connectivity index (χ3n) is 0.945. The van der Waals surface area contributed by atoms with Crippen molar-refractivity contribution in [2.24, 2.45) is 4.99 Å². The Bertz CT molecular complexity index is 168. The van der Waals surface area contributed by atoms with Crippen molar-refractivity contribution in [1.29, 1.82) is 0 Å². The highest BCUT2D eigenvalue weighted by molar-refractivity contribution is 5.65. The molecule has 0 amide bonds. The van der Waals surface area contributed by atoms with E-state index in [1.165, 1.54) is 13.0 Å². The van der Waals surface area contributed by atoms with Gasteiger partial charge in [0.2, 0.25) is 6.08 Å². The monoisotopic (exact) mass is 173 g/mol. The summed E-state index contributed by atoms with van der Waals surface area (Å²) in [5, 5.41) is 0. The number of rotatable bonds is 6. The van der Waals surface area contributed by atoms with Gasteiger partial charge in [0.15, 0.2) is 0 Å². The zero-order valence-corrected chi connectivity index (χ0v) is 6.91. The van der Waals surface area contributed by atoms with Crippen LogP contribution in [-0.4, -0.2) is 38.4 Å². The first kappa shape index (κ1) is 10.8. The fraction of sp³-hybridized carbons (Fsp3) is 0.714. The van der Waals surface area contributed by atoms with Crippen LogP contribution in [0.25, 0.3) is 0 Å². The average molecular weight is 173 g/mol. The lowest BCUT2D eigenvalue weighted by Gasteiger charge is -2.01. The molecule has 5 nitrogen and oxygen atoms in total. The molecule has 0 saturated carbocycles. The largest absolute Gasteiger partial charge is 0.463 e. The van der Waals surface area contributed by atoms with Crippen LogP contribution in [0.5, 0.6) is 0 Å². The second-order valence-electron chi connectivity index (χ2n) is 1.93. The Morgan fingerprint density at radius 2 is 2.17 bits per heavy atom. The minimum absolute atomic E-state index is 0.236. The SMILES string of the molecule is CC(=O)OCCOCCN=C=O. The summed E-state index contributed by atoms with van der Waals surface area (Å²) in [5.74, 6) is -0.329. The van der Waals surface area contributed by atoms with Gasteiger partial charge in [0.25, 0.3) is 0 Å². The normalized spacial score (nSPS) is 8.75. The lowest BCUT2D eigenvalue weighted by atomic mass is 10.7. The van der Waals surface area contributed by atoms with E-state index in [4.69, 9.17) is 4.74 Å². The van der Waals surface area contributed by atoms with Crippen LogP contribution in [0, 0.1) is 0 Å². The lowest BCUT2D eigenvalue weighted by Crippen LogP contribution is -2.09. The Kier molecular flexibility index (Phi) is 7.13. The van der Waals surface area contributed by atoms with Gasteiger partial charge in [-0.25, -0.2) is 9.79 Å². The molecule has 68 valence electrons. The molecule has 0 aromatic heterocycles. The molecule has 0 aliphatic rings. The summed E-state index contributed by atoms with van der Waals surface area (Å²) in [6.45, 7) is 2.53. The Morgan fingerprint density at radius 3 is 2.75 bits per heavy atom. The van der Waals surface area contributed by atoms with Gasteiger partial charge in [0, 0.05) is 6.92 Å². The fourth-order valence-electron chi connectivity index (χ4n) is 0.502. The second kappa shape index (κ2) is 7.91. The van der Waals surface area contributed by atoms with Gasteiger partial charge in [-0.05, 0) is 0 Å². The topological polar surface area (TPSA) is 65.0 Å². The van der Waals surface area contributed by atoms with Crippen molar-refractivity contribution in [3.05, 3.63) is 0 Å². The van der Waals surface area contributed by atoms with Gasteiger partial charge in [-0.2, -0.15) is 0 Å². The maximum Gasteiger partial charge on any atom is 0.302 e. The number of aliphatic imine (C=N–C) groups is 1. The predicted molar refractivity (Wildman–Crippen MR) is 40.4 cm³/mol. The molecule has 0 rings (SSSR count). The van der Waals surface area contributed by atoms with Crippen molar-refractivity contribution in [1.82, 2.24) is 0 Å². The molecular formula is C7H11NO4. The Labute approximate surface area is 70.4 Å². The maximum absolute atomic E-state index is 10.2. The summed E-state index contributed by atoms with van der Waals surface area (Å²) in [6.07, 6.45) is 1.39. The van der Waals surface area contributed by atoms with Crippen LogP contribution < -0.4 is 0 Å². The highest BCUT2D eigenvalue weighted by Gasteiger charge is 1.91. The molecular weight excluding hydrogens is 162 g/mol. The maximum atomic E-state index is 10.2. The quantitative estimate of drug-likeness (QED) is 0.243. The lowest BCUT2D eigenvalue weighted by molar-refractivity contribution is -0.142. The smallest absolute Gasteiger partial charge is 0.302 e. The van der Waals surface area contributed by atoms with Gasteiger partial charge in [-0.3, -0.25) is 4.79 Å². The minimum Gasteiger partial charge on any atom is -0.463 e. The first-order valence-electron chi connectivity index (χ1n) is 3.52. The number of hydrogen-bond acceptors (Lipinski definition) is 5. The molecule has 0 aromatic rings. The standard InChI is InChI=1S/C7H11NO4/c1-7(10)12-5-4-11-3-2-8-6-9/h2-5H2,1H3. The number of carbonyl (C=O) groups excluding carboxylic acids is 2. The van der Waals surface area contributed by atoms with E-state index in [-0.39, 0.29) is 12.6 Å². The predicted octanol–water partition coefficient (Wildman–Crippen LogP) is -0.0981. The summed E-state index contributed by atoms with van der Waals surface area (Å²) >= 11 is 0. The van der Waals surface area contributed by atoms with Crippen molar-refractivity contribution in [2.45, 2.75) is 6.92 Å². The van der Waals surface area contributed by atoms with E-state index >= 15 is 0 Å². The highest BCUT2D eigenvalue weighted by atomic mass is 16.6. The highest BCUT2D eigenvalue weighted by Crippen LogP contribution is 1.79. The van der Waals surface area contributed by atoms with E-state index in [1.807, 2.05) is 0 Å². The fourth-order valence-corrected chi connectivity index (χ4v) is 0.502. The molecule has 0 aliphatic heterocycles. The van der Waals surface area contributed by atoms with Crippen LogP contribution in [0.3, 0.4) is 0 Å². The molecule has 0 fully saturated rings. The summed E-state index contributed by atoms with van der Waals surface area (Å²) in [4.78, 5) is 23.1. The van der Waals surface area contributed by atoms with Crippen molar-refractivity contribution in [3.8, 4) is 0 Å². The molecule has 0 saturated heterocycles. The third kappa shape index (κ3) is 8.81. The van der Waals surface area contributed by atoms with Gasteiger partial charge >= 0.3 is 5.97 Å². The Balaban J connectivity index is 3.00. The number of nitrogens with zero attached hydrogens (tertiary/aromatic N) is 1. The van der Waals surface area contributed by atoms with Gasteiger partial charge < -0.3 is 9.47 Å². The zero-order valence-electron chi connectivity index (χ0n) is 6.91. The summed E-state index contributed by atoms with van der Waals surface area (Å²) in [7, 11) is 0. The molecule has 0 bridgehead atoms. The van der Waals surface area contributed by atoms with Crippen molar-refractivity contribution < 1.29 is 19.1 Å². The number of carbonyl (C=O) groups is 1. The number of hydrogen-bond donors (Lipinski definition) is 0. The molecule has 0 atom stereocenters. The summed E-state index contributed by atoms with van der Waals surface area (Å²) in [6, 6.07) is 0. The van der Waals surface area contributed by atoms with E-state index in [0.29, 0.717) is 19.8 Å². The Hall–Kier alpha value is -1.19. The molecule has 0 spiro atoms. The van der Waals surface area contributed by atoms with E-state index in [0.717, 1.165) is 0 Å². The molecule has 0 radical (unpaired) electrons. The van der Waals surface area contributed by atoms with Crippen LogP contribution >= 0.6 is 0 Å². The van der Waals surface area contributed by atoms with Gasteiger partial charge in [0.1, 0.15) is 6.61 Å². The van der Waals surface area contributed by atoms with Crippen molar-refractivity contribution >= 4 is 12.0 Å². The van der Waals surface area contributed by atoms with Crippen LogP contribution in [-0.2, 0) is 19.1 Å². The van der Waals surface area contributed by atoms with Gasteiger partial charge in [-0.15, -0.1) is 0 Å². The van der Waals surface area contributed by atoms with Crippen LogP contribution in [0.4, 0.5) is 0 Å². The third-order valence-corrected chi connectivity index (χ3v) is 0.945. The molecule has 0 unspecified atom stereocenters. The minimum atomic E-state index is -0.329. The Morgan fingerprint density at radius 1 is 1.42 bits per heavy atom. The van der Waals surface area contributed by atoms with Crippen molar-refractivity contribution in [2.75, 3.05) is 26.4 Å². The number of esters is 1. The van der Waals surface area contributed by atoms with Crippen LogP contribution in [0.2, 0.25) is 0 Å². The average Bonchev–Trinajstić information content (AvgIpc) is 2.02. The number of isocyanates is 1. The summed E-state index contributed by atoms with van der Waals surface area (Å²) in [5.41, 5.74) is 0. The summed E-state index contributed by atoms with van der Waals surface area (Å²) < 4.78 is 9.51. The van der Waals surface area contributed by atoms with Gasteiger partial charge in [-0.1, -0.05) is 0 Å². The molecule has 0 aromatic carbocycles. The van der Waals surface area contributed by atoms with E-state index in [1.54, 1.807) is 0 Å². The van der Waals surface area contributed by atoms with E-state index in [9.17, 15) is 9.59 Å². The first-order valence-corrected chi connectivity index (χ1v) is 3.52. The van der Waals surface area contributed by atoms with E-state index in [2.05, 4.69) is 9.73 Å². The zero-order chi connectivity index (χ0) is 9.23. The number of ether oxygens (including phenoxy) is 2. The van der Waals surface area contributed by atoms with Crippen molar-refractivity contribution in [3.63, 3.8) is 0 Å². The molecule has 0 heterocycles. The first-order chi connectivity index (χ1) is 5.77. The molecule has 5 heteroatoms.